The Labute approximate surface area is 85.8 Å². The van der Waals surface area contributed by atoms with Gasteiger partial charge < -0.3 is 0 Å². The molecule has 0 saturated carbocycles. The molecule has 76 valence electrons. The van der Waals surface area contributed by atoms with Gasteiger partial charge in [0, 0.05) is 6.20 Å². The van der Waals surface area contributed by atoms with E-state index < -0.39 is 0 Å². The molecule has 0 N–H and O–H groups in total. The first-order valence-electron chi connectivity index (χ1n) is 5.74. The largest absolute Gasteiger partial charge is 0.258 e. The van der Waals surface area contributed by atoms with Gasteiger partial charge in [-0.15, -0.1) is 0 Å². The van der Waals surface area contributed by atoms with Crippen LogP contribution >= 0.6 is 0 Å². The van der Waals surface area contributed by atoms with Crippen LogP contribution in [-0.2, 0) is 19.3 Å². The quantitative estimate of drug-likeness (QED) is 0.680. The molecular formula is C12H18N2. The number of hydrogen-bond donors (Lipinski definition) is 0. The highest BCUT2D eigenvalue weighted by molar-refractivity contribution is 5.15. The van der Waals surface area contributed by atoms with Crippen molar-refractivity contribution in [2.75, 3.05) is 0 Å². The average molecular weight is 190 g/mol. The van der Waals surface area contributed by atoms with Crippen molar-refractivity contribution in [3.8, 4) is 0 Å². The molecule has 0 unspecified atom stereocenters. The molecule has 1 aromatic rings. The Morgan fingerprint density at radius 3 is 2.50 bits per heavy atom. The van der Waals surface area contributed by atoms with Crippen LogP contribution in [0.3, 0.4) is 0 Å². The molecule has 0 fully saturated rings. The lowest BCUT2D eigenvalue weighted by molar-refractivity contribution is 0.597. The van der Waals surface area contributed by atoms with E-state index in [-0.39, 0.29) is 0 Å². The van der Waals surface area contributed by atoms with Gasteiger partial charge in [-0.05, 0) is 32.1 Å². The Hall–Kier alpha value is -0.920. The summed E-state index contributed by atoms with van der Waals surface area (Å²) in [6, 6.07) is 0. The summed E-state index contributed by atoms with van der Waals surface area (Å²) in [5.41, 5.74) is 3.66. The fourth-order valence-corrected chi connectivity index (χ4v) is 2.01. The van der Waals surface area contributed by atoms with Crippen LogP contribution in [0.15, 0.2) is 6.20 Å². The van der Waals surface area contributed by atoms with Crippen molar-refractivity contribution < 1.29 is 0 Å². The molecule has 0 radical (unpaired) electrons. The summed E-state index contributed by atoms with van der Waals surface area (Å²) < 4.78 is 0. The average Bonchev–Trinajstić information content (AvgIpc) is 2.18. The van der Waals surface area contributed by atoms with Gasteiger partial charge in [0.2, 0.25) is 0 Å². The summed E-state index contributed by atoms with van der Waals surface area (Å²) in [7, 11) is 0. The van der Waals surface area contributed by atoms with Crippen LogP contribution in [0.1, 0.15) is 49.7 Å². The molecule has 2 nitrogen and oxygen atoms in total. The minimum atomic E-state index is 1.00. The SMILES string of the molecule is CCc1cnc2c(n1)CCCCCC2. The van der Waals surface area contributed by atoms with Gasteiger partial charge in [0.25, 0.3) is 0 Å². The van der Waals surface area contributed by atoms with Gasteiger partial charge >= 0.3 is 0 Å². The number of rotatable bonds is 1. The van der Waals surface area contributed by atoms with E-state index in [1.54, 1.807) is 0 Å². The van der Waals surface area contributed by atoms with Crippen LogP contribution in [0.4, 0.5) is 0 Å². The third-order valence-corrected chi connectivity index (χ3v) is 2.92. The molecule has 0 aromatic carbocycles. The summed E-state index contributed by atoms with van der Waals surface area (Å²) in [6.07, 6.45) is 10.5. The van der Waals surface area contributed by atoms with E-state index in [0.29, 0.717) is 0 Å². The molecule has 2 rings (SSSR count). The summed E-state index contributed by atoms with van der Waals surface area (Å²) in [6.45, 7) is 2.14. The Bertz CT molecular complexity index is 307. The Morgan fingerprint density at radius 1 is 1.07 bits per heavy atom. The summed E-state index contributed by atoms with van der Waals surface area (Å²) in [5.74, 6) is 0. The van der Waals surface area contributed by atoms with Crippen LogP contribution in [0, 0.1) is 0 Å². The third-order valence-electron chi connectivity index (χ3n) is 2.92. The first-order chi connectivity index (χ1) is 6.90. The van der Waals surface area contributed by atoms with E-state index in [0.717, 1.165) is 25.0 Å². The van der Waals surface area contributed by atoms with Gasteiger partial charge in [-0.1, -0.05) is 19.8 Å². The lowest BCUT2D eigenvalue weighted by Gasteiger charge is -2.12. The molecule has 1 aliphatic carbocycles. The number of aromatic nitrogens is 2. The fourth-order valence-electron chi connectivity index (χ4n) is 2.01. The van der Waals surface area contributed by atoms with Gasteiger partial charge in [0.15, 0.2) is 0 Å². The molecule has 0 amide bonds. The Balaban J connectivity index is 2.26. The zero-order valence-electron chi connectivity index (χ0n) is 8.92. The van der Waals surface area contributed by atoms with Crippen LogP contribution in [0.5, 0.6) is 0 Å². The van der Waals surface area contributed by atoms with Crippen molar-refractivity contribution in [2.24, 2.45) is 0 Å². The second-order valence-electron chi connectivity index (χ2n) is 4.02. The number of aryl methyl sites for hydroxylation is 3. The minimum absolute atomic E-state index is 1.00. The first kappa shape index (κ1) is 9.63. The first-order valence-corrected chi connectivity index (χ1v) is 5.74. The molecule has 0 aliphatic heterocycles. The second-order valence-corrected chi connectivity index (χ2v) is 4.02. The van der Waals surface area contributed by atoms with E-state index >= 15 is 0 Å². The molecule has 2 heteroatoms. The molecule has 0 bridgehead atoms. The highest BCUT2D eigenvalue weighted by Gasteiger charge is 2.09. The summed E-state index contributed by atoms with van der Waals surface area (Å²) in [5, 5.41) is 0. The van der Waals surface area contributed by atoms with Crippen LogP contribution in [-0.4, -0.2) is 9.97 Å². The van der Waals surface area contributed by atoms with Crippen LogP contribution in [0.2, 0.25) is 0 Å². The van der Waals surface area contributed by atoms with Gasteiger partial charge in [0.1, 0.15) is 0 Å². The maximum absolute atomic E-state index is 4.67. The van der Waals surface area contributed by atoms with Crippen molar-refractivity contribution in [2.45, 2.75) is 51.9 Å². The number of hydrogen-bond acceptors (Lipinski definition) is 2. The third kappa shape index (κ3) is 2.11. The zero-order chi connectivity index (χ0) is 9.80. The smallest absolute Gasteiger partial charge is 0.0622 e. The standard InChI is InChI=1S/C12H18N2/c1-2-10-9-13-11-7-5-3-4-6-8-12(11)14-10/h9H,2-8H2,1H3. The maximum Gasteiger partial charge on any atom is 0.0622 e. The molecule has 1 heterocycles. The molecule has 1 aliphatic rings. The van der Waals surface area contributed by atoms with Crippen LogP contribution < -0.4 is 0 Å². The van der Waals surface area contributed by atoms with E-state index in [4.69, 9.17) is 0 Å². The molecule has 1 aromatic heterocycles. The van der Waals surface area contributed by atoms with Gasteiger partial charge in [-0.2, -0.15) is 0 Å². The molecule has 0 atom stereocenters. The number of nitrogens with zero attached hydrogens (tertiary/aromatic N) is 2. The number of fused-ring (bicyclic) bond motifs is 1. The lowest BCUT2D eigenvalue weighted by Crippen LogP contribution is -2.06. The van der Waals surface area contributed by atoms with Gasteiger partial charge in [-0.25, -0.2) is 0 Å². The molecule has 0 saturated heterocycles. The van der Waals surface area contributed by atoms with E-state index in [2.05, 4.69) is 16.9 Å². The van der Waals surface area contributed by atoms with Crippen LogP contribution in [0.25, 0.3) is 0 Å². The van der Waals surface area contributed by atoms with Crippen molar-refractivity contribution >= 4 is 0 Å². The zero-order valence-corrected chi connectivity index (χ0v) is 8.92. The van der Waals surface area contributed by atoms with Crippen molar-refractivity contribution in [1.29, 1.82) is 0 Å². The fraction of sp³-hybridized carbons (Fsp3) is 0.667. The lowest BCUT2D eigenvalue weighted by atomic mass is 10.0. The Kier molecular flexibility index (Phi) is 3.12. The molecule has 0 spiro atoms. The summed E-state index contributed by atoms with van der Waals surface area (Å²) in [4.78, 5) is 9.20. The predicted molar refractivity (Wildman–Crippen MR) is 57.3 cm³/mol. The Morgan fingerprint density at radius 2 is 1.79 bits per heavy atom. The summed E-state index contributed by atoms with van der Waals surface area (Å²) >= 11 is 0. The second kappa shape index (κ2) is 4.54. The predicted octanol–water partition coefficient (Wildman–Crippen LogP) is 2.70. The molecule has 14 heavy (non-hydrogen) atoms. The maximum atomic E-state index is 4.67. The van der Waals surface area contributed by atoms with Crippen molar-refractivity contribution in [3.05, 3.63) is 23.3 Å². The minimum Gasteiger partial charge on any atom is -0.258 e. The van der Waals surface area contributed by atoms with Crippen molar-refractivity contribution in [3.63, 3.8) is 0 Å². The van der Waals surface area contributed by atoms with Gasteiger partial charge in [-0.3, -0.25) is 9.97 Å². The monoisotopic (exact) mass is 190 g/mol. The van der Waals surface area contributed by atoms with E-state index in [9.17, 15) is 0 Å². The normalized spacial score (nSPS) is 16.9. The van der Waals surface area contributed by atoms with E-state index in [1.807, 2.05) is 6.20 Å². The highest BCUT2D eigenvalue weighted by atomic mass is 14.8. The van der Waals surface area contributed by atoms with Gasteiger partial charge in [0.05, 0.1) is 17.1 Å². The van der Waals surface area contributed by atoms with Crippen molar-refractivity contribution in [1.82, 2.24) is 9.97 Å². The molecular weight excluding hydrogens is 172 g/mol. The topological polar surface area (TPSA) is 25.8 Å². The van der Waals surface area contributed by atoms with E-state index in [1.165, 1.54) is 37.1 Å². The highest BCUT2D eigenvalue weighted by Crippen LogP contribution is 2.16.